The second-order valence-corrected chi connectivity index (χ2v) is 7.86. The first-order chi connectivity index (χ1) is 14.7. The molecule has 3 amide bonds. The Kier molecular flexibility index (Phi) is 6.86. The van der Waals surface area contributed by atoms with Crippen molar-refractivity contribution in [2.24, 2.45) is 0 Å². The largest absolute Gasteiger partial charge is 0.416 e. The van der Waals surface area contributed by atoms with Gasteiger partial charge in [-0.15, -0.1) is 11.8 Å². The second kappa shape index (κ2) is 9.40. The highest BCUT2D eigenvalue weighted by atomic mass is 32.2. The number of nitrogens with one attached hydrogen (secondary N) is 3. The standard InChI is InChI=1S/C20H18F3N3O4S/c1-30-10-18(28)25-13-4-2-3-12(8-13)24-17(27)9-16-19(29)26-14-7-11(20(21,22)23)5-6-15(14)31-16/h2-8,16H,9-10H2,1H3,(H,24,27)(H,25,28)(H,26,29). The number of carbonyl (C=O) groups is 3. The number of halogens is 3. The quantitative estimate of drug-likeness (QED) is 0.620. The number of rotatable bonds is 6. The van der Waals surface area contributed by atoms with Gasteiger partial charge in [-0.2, -0.15) is 13.2 Å². The summed E-state index contributed by atoms with van der Waals surface area (Å²) in [6, 6.07) is 9.52. The van der Waals surface area contributed by atoms with Crippen LogP contribution in [0.3, 0.4) is 0 Å². The molecule has 0 fully saturated rings. The highest BCUT2D eigenvalue weighted by Crippen LogP contribution is 2.40. The van der Waals surface area contributed by atoms with Crippen LogP contribution in [0.25, 0.3) is 0 Å². The van der Waals surface area contributed by atoms with Crippen LogP contribution < -0.4 is 16.0 Å². The predicted molar refractivity (Wildman–Crippen MR) is 110 cm³/mol. The first kappa shape index (κ1) is 22.6. The Morgan fingerprint density at radius 1 is 1.10 bits per heavy atom. The van der Waals surface area contributed by atoms with E-state index in [0.29, 0.717) is 16.3 Å². The number of thioether (sulfide) groups is 1. The number of fused-ring (bicyclic) bond motifs is 1. The van der Waals surface area contributed by atoms with Gasteiger partial charge in [0.15, 0.2) is 0 Å². The van der Waals surface area contributed by atoms with Crippen LogP contribution in [0.15, 0.2) is 47.4 Å². The maximum atomic E-state index is 12.8. The summed E-state index contributed by atoms with van der Waals surface area (Å²) in [5.41, 5.74) is 0.0810. The van der Waals surface area contributed by atoms with Gasteiger partial charge in [-0.3, -0.25) is 14.4 Å². The van der Waals surface area contributed by atoms with Gasteiger partial charge in [-0.05, 0) is 36.4 Å². The van der Waals surface area contributed by atoms with Gasteiger partial charge in [0.25, 0.3) is 0 Å². The SMILES string of the molecule is COCC(=O)Nc1cccc(NC(=O)CC2Sc3ccc(C(F)(F)F)cc3NC2=O)c1. The van der Waals surface area contributed by atoms with E-state index in [1.165, 1.54) is 13.2 Å². The van der Waals surface area contributed by atoms with E-state index in [9.17, 15) is 27.6 Å². The zero-order valence-corrected chi connectivity index (χ0v) is 17.0. The van der Waals surface area contributed by atoms with Crippen molar-refractivity contribution in [3.8, 4) is 0 Å². The van der Waals surface area contributed by atoms with Crippen molar-refractivity contribution in [2.75, 3.05) is 29.7 Å². The second-order valence-electron chi connectivity index (χ2n) is 6.62. The fourth-order valence-electron chi connectivity index (χ4n) is 2.84. The topological polar surface area (TPSA) is 96.5 Å². The molecule has 0 saturated carbocycles. The molecule has 0 saturated heterocycles. The number of hydrogen-bond acceptors (Lipinski definition) is 5. The van der Waals surface area contributed by atoms with Crippen LogP contribution >= 0.6 is 11.8 Å². The molecule has 2 aromatic carbocycles. The molecule has 1 unspecified atom stereocenters. The van der Waals surface area contributed by atoms with Gasteiger partial charge in [-0.25, -0.2) is 0 Å². The molecule has 0 bridgehead atoms. The van der Waals surface area contributed by atoms with E-state index in [-0.39, 0.29) is 24.6 Å². The predicted octanol–water partition coefficient (Wildman–Crippen LogP) is 3.73. The molecule has 1 aliphatic heterocycles. The summed E-state index contributed by atoms with van der Waals surface area (Å²) in [5, 5.41) is 6.89. The highest BCUT2D eigenvalue weighted by molar-refractivity contribution is 8.01. The van der Waals surface area contributed by atoms with Crippen LogP contribution in [0, 0.1) is 0 Å². The fourth-order valence-corrected chi connectivity index (χ4v) is 3.94. The van der Waals surface area contributed by atoms with Crippen LogP contribution in [0.2, 0.25) is 0 Å². The van der Waals surface area contributed by atoms with Crippen molar-refractivity contribution < 1.29 is 32.3 Å². The summed E-state index contributed by atoms with van der Waals surface area (Å²) in [7, 11) is 1.39. The molecule has 1 heterocycles. The van der Waals surface area contributed by atoms with Crippen molar-refractivity contribution in [1.29, 1.82) is 0 Å². The average molecular weight is 453 g/mol. The van der Waals surface area contributed by atoms with Crippen LogP contribution in [-0.2, 0) is 25.3 Å². The Morgan fingerprint density at radius 2 is 1.77 bits per heavy atom. The molecule has 0 aliphatic carbocycles. The molecule has 0 aromatic heterocycles. The van der Waals surface area contributed by atoms with Gasteiger partial charge < -0.3 is 20.7 Å². The highest BCUT2D eigenvalue weighted by Gasteiger charge is 2.34. The molecule has 1 atom stereocenters. The molecular weight excluding hydrogens is 435 g/mol. The number of methoxy groups -OCH3 is 1. The number of alkyl halides is 3. The van der Waals surface area contributed by atoms with Gasteiger partial charge in [0.05, 0.1) is 16.5 Å². The Balaban J connectivity index is 1.62. The molecule has 31 heavy (non-hydrogen) atoms. The van der Waals surface area contributed by atoms with Crippen molar-refractivity contribution in [3.05, 3.63) is 48.0 Å². The Morgan fingerprint density at radius 3 is 2.42 bits per heavy atom. The number of anilines is 3. The van der Waals surface area contributed by atoms with Gasteiger partial charge >= 0.3 is 6.18 Å². The normalized spacial score (nSPS) is 15.6. The molecule has 164 valence electrons. The number of ether oxygens (including phenoxy) is 1. The average Bonchev–Trinajstić information content (AvgIpc) is 2.68. The Hall–Kier alpha value is -3.05. The number of amides is 3. The molecular formula is C20H18F3N3O4S. The van der Waals surface area contributed by atoms with Gasteiger partial charge in [-0.1, -0.05) is 6.07 Å². The zero-order chi connectivity index (χ0) is 22.6. The lowest BCUT2D eigenvalue weighted by molar-refractivity contribution is -0.137. The first-order valence-electron chi connectivity index (χ1n) is 9.03. The fraction of sp³-hybridized carbons (Fsp3) is 0.250. The van der Waals surface area contributed by atoms with E-state index in [1.54, 1.807) is 24.3 Å². The summed E-state index contributed by atoms with van der Waals surface area (Å²) >= 11 is 1.03. The van der Waals surface area contributed by atoms with Crippen molar-refractivity contribution >= 4 is 46.5 Å². The van der Waals surface area contributed by atoms with Crippen LogP contribution in [0.5, 0.6) is 0 Å². The molecule has 2 aromatic rings. The lowest BCUT2D eigenvalue weighted by Crippen LogP contribution is -2.32. The number of hydrogen-bond donors (Lipinski definition) is 3. The van der Waals surface area contributed by atoms with E-state index in [2.05, 4.69) is 16.0 Å². The van der Waals surface area contributed by atoms with E-state index in [4.69, 9.17) is 4.74 Å². The van der Waals surface area contributed by atoms with Crippen molar-refractivity contribution in [2.45, 2.75) is 22.7 Å². The third kappa shape index (κ3) is 5.98. The minimum atomic E-state index is -4.52. The van der Waals surface area contributed by atoms with Crippen LogP contribution in [0.1, 0.15) is 12.0 Å². The Bertz CT molecular complexity index is 1010. The summed E-state index contributed by atoms with van der Waals surface area (Å²) in [6.45, 7) is -0.115. The van der Waals surface area contributed by atoms with Crippen LogP contribution in [-0.4, -0.2) is 36.7 Å². The monoisotopic (exact) mass is 453 g/mol. The summed E-state index contributed by atoms with van der Waals surface area (Å²) in [4.78, 5) is 36.7. The van der Waals surface area contributed by atoms with E-state index >= 15 is 0 Å². The van der Waals surface area contributed by atoms with Gasteiger partial charge in [0.2, 0.25) is 17.7 Å². The lowest BCUT2D eigenvalue weighted by atomic mass is 10.1. The molecule has 11 heteroatoms. The Labute approximate surface area is 179 Å². The number of benzene rings is 2. The lowest BCUT2D eigenvalue weighted by Gasteiger charge is -2.24. The van der Waals surface area contributed by atoms with Crippen LogP contribution in [0.4, 0.5) is 30.2 Å². The molecule has 0 radical (unpaired) electrons. The molecule has 3 rings (SSSR count). The first-order valence-corrected chi connectivity index (χ1v) is 9.91. The number of carbonyl (C=O) groups excluding carboxylic acids is 3. The summed E-state index contributed by atoms with van der Waals surface area (Å²) in [5.74, 6) is -1.36. The van der Waals surface area contributed by atoms with Gasteiger partial charge in [0, 0.05) is 29.8 Å². The minimum Gasteiger partial charge on any atom is -0.375 e. The zero-order valence-electron chi connectivity index (χ0n) is 16.2. The minimum absolute atomic E-state index is 0.0704. The summed E-state index contributed by atoms with van der Waals surface area (Å²) in [6.07, 6.45) is -4.70. The molecule has 3 N–H and O–H groups in total. The smallest absolute Gasteiger partial charge is 0.375 e. The molecule has 1 aliphatic rings. The molecule has 0 spiro atoms. The van der Waals surface area contributed by atoms with Gasteiger partial charge in [0.1, 0.15) is 6.61 Å². The van der Waals surface area contributed by atoms with E-state index in [1.807, 2.05) is 0 Å². The van der Waals surface area contributed by atoms with E-state index < -0.39 is 28.8 Å². The van der Waals surface area contributed by atoms with Crippen molar-refractivity contribution in [3.63, 3.8) is 0 Å². The third-order valence-corrected chi connectivity index (χ3v) is 5.48. The third-order valence-electron chi connectivity index (χ3n) is 4.20. The summed E-state index contributed by atoms with van der Waals surface area (Å²) < 4.78 is 43.3. The van der Waals surface area contributed by atoms with E-state index in [0.717, 1.165) is 23.9 Å². The maximum Gasteiger partial charge on any atom is 0.416 e. The molecule has 7 nitrogen and oxygen atoms in total. The maximum absolute atomic E-state index is 12.8. The van der Waals surface area contributed by atoms with Crippen molar-refractivity contribution in [1.82, 2.24) is 0 Å².